The van der Waals surface area contributed by atoms with Crippen molar-refractivity contribution >= 4 is 11.5 Å². The van der Waals surface area contributed by atoms with Gasteiger partial charge in [0, 0.05) is 6.54 Å². The van der Waals surface area contributed by atoms with Gasteiger partial charge in [0.25, 0.3) is 0 Å². The molecule has 4 N–H and O–H groups in total. The molecular formula is C13H23N3O2. The standard InChI is InChI=1S/C13H23N3O2/c1-5-13(4,17)8-15-11-7-6-10(14)12(16-11)18-9(2)3/h6-7,9,17H,5,8,14H2,1-4H3,(H,15,16). The van der Waals surface area contributed by atoms with Gasteiger partial charge >= 0.3 is 0 Å². The number of nitrogens with one attached hydrogen (secondary N) is 1. The topological polar surface area (TPSA) is 80.4 Å². The number of rotatable bonds is 6. The molecule has 0 spiro atoms. The van der Waals surface area contributed by atoms with Gasteiger partial charge in [0.15, 0.2) is 0 Å². The third-order valence-corrected chi connectivity index (χ3v) is 2.65. The van der Waals surface area contributed by atoms with Crippen LogP contribution in [-0.2, 0) is 0 Å². The van der Waals surface area contributed by atoms with E-state index in [4.69, 9.17) is 10.5 Å². The molecule has 5 heteroatoms. The molecule has 1 aromatic rings. The Morgan fingerprint density at radius 1 is 1.50 bits per heavy atom. The van der Waals surface area contributed by atoms with E-state index in [1.54, 1.807) is 19.1 Å². The first-order valence-electron chi connectivity index (χ1n) is 6.23. The Morgan fingerprint density at radius 3 is 2.72 bits per heavy atom. The zero-order chi connectivity index (χ0) is 13.8. The monoisotopic (exact) mass is 253 g/mol. The van der Waals surface area contributed by atoms with Crippen molar-refractivity contribution in [1.29, 1.82) is 0 Å². The lowest BCUT2D eigenvalue weighted by Gasteiger charge is -2.22. The number of anilines is 2. The van der Waals surface area contributed by atoms with E-state index in [2.05, 4.69) is 10.3 Å². The lowest BCUT2D eigenvalue weighted by atomic mass is 10.0. The molecular weight excluding hydrogens is 230 g/mol. The van der Waals surface area contributed by atoms with Gasteiger partial charge in [0.1, 0.15) is 5.82 Å². The van der Waals surface area contributed by atoms with Crippen LogP contribution < -0.4 is 15.8 Å². The van der Waals surface area contributed by atoms with Gasteiger partial charge in [-0.1, -0.05) is 6.92 Å². The van der Waals surface area contributed by atoms with Crippen LogP contribution in [0.2, 0.25) is 0 Å². The summed E-state index contributed by atoms with van der Waals surface area (Å²) in [5.74, 6) is 1.07. The van der Waals surface area contributed by atoms with E-state index in [0.29, 0.717) is 30.4 Å². The molecule has 0 bridgehead atoms. The van der Waals surface area contributed by atoms with Crippen molar-refractivity contribution in [3.63, 3.8) is 0 Å². The predicted octanol–water partition coefficient (Wildman–Crippen LogP) is 2.02. The molecule has 5 nitrogen and oxygen atoms in total. The fourth-order valence-electron chi connectivity index (χ4n) is 1.27. The molecule has 1 heterocycles. The molecule has 0 saturated carbocycles. The van der Waals surface area contributed by atoms with Crippen LogP contribution in [0, 0.1) is 0 Å². The SMILES string of the molecule is CCC(C)(O)CNc1ccc(N)c(OC(C)C)n1. The number of hydrogen-bond acceptors (Lipinski definition) is 5. The molecule has 0 aliphatic rings. The lowest BCUT2D eigenvalue weighted by molar-refractivity contribution is 0.0696. The largest absolute Gasteiger partial charge is 0.473 e. The fraction of sp³-hybridized carbons (Fsp3) is 0.615. The second kappa shape index (κ2) is 5.91. The van der Waals surface area contributed by atoms with E-state index in [1.807, 2.05) is 20.8 Å². The number of aromatic nitrogens is 1. The number of pyridine rings is 1. The summed E-state index contributed by atoms with van der Waals surface area (Å²) in [7, 11) is 0. The summed E-state index contributed by atoms with van der Waals surface area (Å²) in [5, 5.41) is 13.0. The van der Waals surface area contributed by atoms with Crippen molar-refractivity contribution in [1.82, 2.24) is 4.98 Å². The van der Waals surface area contributed by atoms with Crippen LogP contribution in [0.15, 0.2) is 12.1 Å². The Bertz CT molecular complexity index is 392. The van der Waals surface area contributed by atoms with Crippen LogP contribution in [0.4, 0.5) is 11.5 Å². The number of nitrogen functional groups attached to an aromatic ring is 1. The van der Waals surface area contributed by atoms with E-state index in [1.165, 1.54) is 0 Å². The highest BCUT2D eigenvalue weighted by molar-refractivity contribution is 5.53. The van der Waals surface area contributed by atoms with Gasteiger partial charge in [-0.2, -0.15) is 4.98 Å². The highest BCUT2D eigenvalue weighted by Gasteiger charge is 2.17. The molecule has 0 saturated heterocycles. The van der Waals surface area contributed by atoms with Gasteiger partial charge in [-0.25, -0.2) is 0 Å². The van der Waals surface area contributed by atoms with Crippen LogP contribution in [0.5, 0.6) is 5.88 Å². The summed E-state index contributed by atoms with van der Waals surface area (Å²) in [4.78, 5) is 4.28. The van der Waals surface area contributed by atoms with E-state index in [9.17, 15) is 5.11 Å². The second-order valence-corrected chi connectivity index (χ2v) is 4.96. The maximum atomic E-state index is 9.91. The number of nitrogens with two attached hydrogens (primary N) is 1. The smallest absolute Gasteiger partial charge is 0.239 e. The average molecular weight is 253 g/mol. The van der Waals surface area contributed by atoms with Gasteiger partial charge in [0.05, 0.1) is 17.4 Å². The zero-order valence-corrected chi connectivity index (χ0v) is 11.5. The minimum absolute atomic E-state index is 0.0220. The maximum absolute atomic E-state index is 9.91. The normalized spacial score (nSPS) is 14.3. The maximum Gasteiger partial charge on any atom is 0.239 e. The van der Waals surface area contributed by atoms with Gasteiger partial charge in [-0.3, -0.25) is 0 Å². The van der Waals surface area contributed by atoms with Crippen molar-refractivity contribution in [2.45, 2.75) is 45.8 Å². The molecule has 0 amide bonds. The van der Waals surface area contributed by atoms with Gasteiger partial charge in [-0.05, 0) is 39.3 Å². The van der Waals surface area contributed by atoms with Crippen LogP contribution in [-0.4, -0.2) is 28.3 Å². The Balaban J connectivity index is 2.73. The van der Waals surface area contributed by atoms with Gasteiger partial charge in [0.2, 0.25) is 5.88 Å². The average Bonchev–Trinajstić information content (AvgIpc) is 2.30. The van der Waals surface area contributed by atoms with Crippen LogP contribution >= 0.6 is 0 Å². The molecule has 1 rings (SSSR count). The van der Waals surface area contributed by atoms with Crippen molar-refractivity contribution in [2.75, 3.05) is 17.6 Å². The lowest BCUT2D eigenvalue weighted by Crippen LogP contribution is -2.32. The van der Waals surface area contributed by atoms with Crippen molar-refractivity contribution in [3.05, 3.63) is 12.1 Å². The first-order valence-corrected chi connectivity index (χ1v) is 6.23. The summed E-state index contributed by atoms with van der Waals surface area (Å²) >= 11 is 0. The van der Waals surface area contributed by atoms with Crippen molar-refractivity contribution in [3.8, 4) is 5.88 Å². The summed E-state index contributed by atoms with van der Waals surface area (Å²) < 4.78 is 5.51. The number of ether oxygens (including phenoxy) is 1. The molecule has 18 heavy (non-hydrogen) atoms. The molecule has 102 valence electrons. The van der Waals surface area contributed by atoms with Crippen LogP contribution in [0.1, 0.15) is 34.1 Å². The summed E-state index contributed by atoms with van der Waals surface area (Å²) in [5.41, 5.74) is 5.54. The molecule has 1 unspecified atom stereocenters. The van der Waals surface area contributed by atoms with Crippen molar-refractivity contribution < 1.29 is 9.84 Å². The van der Waals surface area contributed by atoms with Gasteiger partial charge in [-0.15, -0.1) is 0 Å². The summed E-state index contributed by atoms with van der Waals surface area (Å²) in [6.07, 6.45) is 0.693. The Hall–Kier alpha value is -1.49. The molecule has 1 aromatic heterocycles. The molecule has 0 aromatic carbocycles. The van der Waals surface area contributed by atoms with E-state index in [-0.39, 0.29) is 6.10 Å². The number of nitrogens with zero attached hydrogens (tertiary/aromatic N) is 1. The quantitative estimate of drug-likeness (QED) is 0.722. The predicted molar refractivity (Wildman–Crippen MR) is 73.8 cm³/mol. The summed E-state index contributed by atoms with van der Waals surface area (Å²) in [6, 6.07) is 3.52. The molecule has 0 radical (unpaired) electrons. The minimum atomic E-state index is -0.748. The molecule has 0 aliphatic carbocycles. The van der Waals surface area contributed by atoms with Crippen LogP contribution in [0.3, 0.4) is 0 Å². The third-order valence-electron chi connectivity index (χ3n) is 2.65. The first-order chi connectivity index (χ1) is 8.34. The van der Waals surface area contributed by atoms with E-state index < -0.39 is 5.60 Å². The second-order valence-electron chi connectivity index (χ2n) is 4.96. The first kappa shape index (κ1) is 14.6. The van der Waals surface area contributed by atoms with E-state index >= 15 is 0 Å². The zero-order valence-electron chi connectivity index (χ0n) is 11.5. The minimum Gasteiger partial charge on any atom is -0.473 e. The summed E-state index contributed by atoms with van der Waals surface area (Å²) in [6.45, 7) is 7.99. The molecule has 1 atom stereocenters. The number of aliphatic hydroxyl groups is 1. The third kappa shape index (κ3) is 4.41. The highest BCUT2D eigenvalue weighted by Crippen LogP contribution is 2.22. The van der Waals surface area contributed by atoms with Crippen LogP contribution in [0.25, 0.3) is 0 Å². The Kier molecular flexibility index (Phi) is 4.78. The van der Waals surface area contributed by atoms with Crippen molar-refractivity contribution in [2.24, 2.45) is 0 Å². The van der Waals surface area contributed by atoms with E-state index in [0.717, 1.165) is 0 Å². The number of hydrogen-bond donors (Lipinski definition) is 3. The van der Waals surface area contributed by atoms with Gasteiger partial charge < -0.3 is 20.9 Å². The Labute approximate surface area is 108 Å². The molecule has 0 aliphatic heterocycles. The highest BCUT2D eigenvalue weighted by atomic mass is 16.5. The fourth-order valence-corrected chi connectivity index (χ4v) is 1.27. The Morgan fingerprint density at radius 2 is 2.17 bits per heavy atom. The molecule has 0 fully saturated rings.